The lowest BCUT2D eigenvalue weighted by Gasteiger charge is -2.17. The van der Waals surface area contributed by atoms with Crippen molar-refractivity contribution in [3.05, 3.63) is 59.7 Å². The molecular formula is C17H13F3N2O2. The van der Waals surface area contributed by atoms with Crippen LogP contribution in [0, 0.1) is 11.3 Å². The number of ether oxygens (including phenoxy) is 1. The van der Waals surface area contributed by atoms with Gasteiger partial charge in [0.25, 0.3) is 5.91 Å². The molecule has 0 fully saturated rings. The first-order valence-corrected chi connectivity index (χ1v) is 6.95. The summed E-state index contributed by atoms with van der Waals surface area (Å²) >= 11 is 0. The standard InChI is InChI=1S/C17H13F3N2O2/c1-11(24-13-8-6-12(10-21)7-9-13)16(23)22-15-5-3-2-4-14(15)17(18,19)20/h2-9,11H,1H3,(H,22,23). The van der Waals surface area contributed by atoms with E-state index in [0.29, 0.717) is 11.3 Å². The summed E-state index contributed by atoms with van der Waals surface area (Å²) < 4.78 is 44.1. The van der Waals surface area contributed by atoms with Crippen LogP contribution in [-0.4, -0.2) is 12.0 Å². The average Bonchev–Trinajstić information content (AvgIpc) is 2.55. The van der Waals surface area contributed by atoms with E-state index in [4.69, 9.17) is 10.00 Å². The number of carbonyl (C=O) groups is 1. The molecule has 2 rings (SSSR count). The van der Waals surface area contributed by atoms with Gasteiger partial charge in [0.1, 0.15) is 5.75 Å². The third-order valence-corrected chi connectivity index (χ3v) is 3.16. The van der Waals surface area contributed by atoms with Gasteiger partial charge in [-0.2, -0.15) is 18.4 Å². The number of hydrogen-bond donors (Lipinski definition) is 1. The number of alkyl halides is 3. The molecule has 0 radical (unpaired) electrons. The Kier molecular flexibility index (Phi) is 5.09. The smallest absolute Gasteiger partial charge is 0.418 e. The summed E-state index contributed by atoms with van der Waals surface area (Å²) in [5, 5.41) is 10.9. The van der Waals surface area contributed by atoms with E-state index in [2.05, 4.69) is 5.32 Å². The molecule has 0 aliphatic carbocycles. The Morgan fingerprint density at radius 2 is 1.79 bits per heavy atom. The molecule has 7 heteroatoms. The predicted octanol–water partition coefficient (Wildman–Crippen LogP) is 3.98. The Bertz CT molecular complexity index is 765. The largest absolute Gasteiger partial charge is 0.481 e. The molecule has 124 valence electrons. The van der Waals surface area contributed by atoms with Gasteiger partial charge < -0.3 is 10.1 Å². The molecule has 0 bridgehead atoms. The number of nitriles is 1. The molecule has 24 heavy (non-hydrogen) atoms. The van der Waals surface area contributed by atoms with Crippen molar-refractivity contribution >= 4 is 11.6 Å². The third kappa shape index (κ3) is 4.26. The first-order valence-electron chi connectivity index (χ1n) is 6.95. The molecule has 0 spiro atoms. The number of halogens is 3. The van der Waals surface area contributed by atoms with Crippen LogP contribution in [-0.2, 0) is 11.0 Å². The molecule has 0 aliphatic heterocycles. The number of hydrogen-bond acceptors (Lipinski definition) is 3. The topological polar surface area (TPSA) is 62.1 Å². The van der Waals surface area contributed by atoms with Crippen molar-refractivity contribution in [1.82, 2.24) is 0 Å². The average molecular weight is 334 g/mol. The number of amides is 1. The van der Waals surface area contributed by atoms with E-state index in [1.807, 2.05) is 6.07 Å². The first kappa shape index (κ1) is 17.3. The minimum absolute atomic E-state index is 0.328. The fraction of sp³-hybridized carbons (Fsp3) is 0.176. The van der Waals surface area contributed by atoms with Gasteiger partial charge in [-0.1, -0.05) is 12.1 Å². The molecule has 1 unspecified atom stereocenters. The molecule has 2 aromatic carbocycles. The predicted molar refractivity (Wildman–Crippen MR) is 81.3 cm³/mol. The van der Waals surface area contributed by atoms with E-state index in [-0.39, 0.29) is 5.69 Å². The van der Waals surface area contributed by atoms with Crippen molar-refractivity contribution in [2.45, 2.75) is 19.2 Å². The first-order chi connectivity index (χ1) is 11.3. The van der Waals surface area contributed by atoms with Crippen molar-refractivity contribution in [3.63, 3.8) is 0 Å². The molecule has 1 amide bonds. The molecule has 2 aromatic rings. The van der Waals surface area contributed by atoms with Crippen LogP contribution in [0.3, 0.4) is 0 Å². The summed E-state index contributed by atoms with van der Waals surface area (Å²) in [5.41, 5.74) is -0.826. The van der Waals surface area contributed by atoms with Gasteiger partial charge in [-0.25, -0.2) is 0 Å². The molecule has 0 saturated carbocycles. The van der Waals surface area contributed by atoms with Gasteiger partial charge in [-0.3, -0.25) is 4.79 Å². The molecule has 0 saturated heterocycles. The van der Waals surface area contributed by atoms with E-state index < -0.39 is 23.8 Å². The highest BCUT2D eigenvalue weighted by atomic mass is 19.4. The Hall–Kier alpha value is -3.01. The molecule has 1 N–H and O–H groups in total. The fourth-order valence-corrected chi connectivity index (χ4v) is 1.94. The van der Waals surface area contributed by atoms with Crippen molar-refractivity contribution in [1.29, 1.82) is 5.26 Å². The molecule has 4 nitrogen and oxygen atoms in total. The Morgan fingerprint density at radius 3 is 2.38 bits per heavy atom. The monoisotopic (exact) mass is 334 g/mol. The number of anilines is 1. The van der Waals surface area contributed by atoms with E-state index in [1.54, 1.807) is 0 Å². The van der Waals surface area contributed by atoms with Crippen LogP contribution in [0.5, 0.6) is 5.75 Å². The van der Waals surface area contributed by atoms with E-state index in [9.17, 15) is 18.0 Å². The molecule has 0 aromatic heterocycles. The Balaban J connectivity index is 2.08. The second kappa shape index (κ2) is 7.04. The summed E-state index contributed by atoms with van der Waals surface area (Å²) in [7, 11) is 0. The van der Waals surface area contributed by atoms with Crippen LogP contribution in [0.25, 0.3) is 0 Å². The van der Waals surface area contributed by atoms with Crippen LogP contribution in [0.4, 0.5) is 18.9 Å². The maximum atomic E-state index is 12.9. The van der Waals surface area contributed by atoms with Crippen molar-refractivity contribution in [3.8, 4) is 11.8 Å². The third-order valence-electron chi connectivity index (χ3n) is 3.16. The lowest BCUT2D eigenvalue weighted by atomic mass is 10.1. The second-order valence-electron chi connectivity index (χ2n) is 4.93. The van der Waals surface area contributed by atoms with Gasteiger partial charge in [0, 0.05) is 0 Å². The SMILES string of the molecule is CC(Oc1ccc(C#N)cc1)C(=O)Nc1ccccc1C(F)(F)F. The van der Waals surface area contributed by atoms with Crippen molar-refractivity contribution in [2.24, 2.45) is 0 Å². The summed E-state index contributed by atoms with van der Waals surface area (Å²) in [5.74, 6) is -0.378. The normalized spacial score (nSPS) is 12.1. The summed E-state index contributed by atoms with van der Waals surface area (Å²) in [6.07, 6.45) is -5.58. The number of benzene rings is 2. The molecular weight excluding hydrogens is 321 g/mol. The van der Waals surface area contributed by atoms with Gasteiger partial charge in [0.15, 0.2) is 6.10 Å². The van der Waals surface area contributed by atoms with Crippen molar-refractivity contribution < 1.29 is 22.7 Å². The van der Waals surface area contributed by atoms with Crippen LogP contribution in [0.15, 0.2) is 48.5 Å². The van der Waals surface area contributed by atoms with Crippen LogP contribution < -0.4 is 10.1 Å². The molecule has 0 heterocycles. The van der Waals surface area contributed by atoms with Crippen molar-refractivity contribution in [2.75, 3.05) is 5.32 Å². The summed E-state index contributed by atoms with van der Waals surface area (Å²) in [6.45, 7) is 1.42. The lowest BCUT2D eigenvalue weighted by molar-refractivity contribution is -0.137. The minimum atomic E-state index is -4.57. The highest BCUT2D eigenvalue weighted by molar-refractivity contribution is 5.94. The number of rotatable bonds is 4. The van der Waals surface area contributed by atoms with Crippen LogP contribution >= 0.6 is 0 Å². The lowest BCUT2D eigenvalue weighted by Crippen LogP contribution is -2.31. The van der Waals surface area contributed by atoms with Crippen LogP contribution in [0.2, 0.25) is 0 Å². The highest BCUT2D eigenvalue weighted by Gasteiger charge is 2.33. The van der Waals surface area contributed by atoms with E-state index in [1.165, 1.54) is 49.4 Å². The second-order valence-corrected chi connectivity index (χ2v) is 4.93. The van der Waals surface area contributed by atoms with E-state index in [0.717, 1.165) is 6.07 Å². The number of carbonyl (C=O) groups excluding carboxylic acids is 1. The number of nitrogens with one attached hydrogen (secondary N) is 1. The quantitative estimate of drug-likeness (QED) is 0.920. The molecule has 1 atom stereocenters. The maximum absolute atomic E-state index is 12.9. The van der Waals surface area contributed by atoms with E-state index >= 15 is 0 Å². The van der Waals surface area contributed by atoms with Gasteiger partial charge in [0.2, 0.25) is 0 Å². The summed E-state index contributed by atoms with van der Waals surface area (Å²) in [4.78, 5) is 12.1. The zero-order valence-electron chi connectivity index (χ0n) is 12.6. The van der Waals surface area contributed by atoms with Gasteiger partial charge in [0.05, 0.1) is 22.9 Å². The fourth-order valence-electron chi connectivity index (χ4n) is 1.94. The number of para-hydroxylation sites is 1. The zero-order chi connectivity index (χ0) is 17.7. The highest BCUT2D eigenvalue weighted by Crippen LogP contribution is 2.34. The number of nitrogens with zero attached hydrogens (tertiary/aromatic N) is 1. The van der Waals surface area contributed by atoms with Crippen LogP contribution in [0.1, 0.15) is 18.1 Å². The zero-order valence-corrected chi connectivity index (χ0v) is 12.6. The van der Waals surface area contributed by atoms with Gasteiger partial charge in [-0.15, -0.1) is 0 Å². The van der Waals surface area contributed by atoms with Gasteiger partial charge >= 0.3 is 6.18 Å². The summed E-state index contributed by atoms with van der Waals surface area (Å²) in [6, 6.07) is 12.7. The Morgan fingerprint density at radius 1 is 1.17 bits per heavy atom. The minimum Gasteiger partial charge on any atom is -0.481 e. The van der Waals surface area contributed by atoms with Gasteiger partial charge in [-0.05, 0) is 43.3 Å². The maximum Gasteiger partial charge on any atom is 0.418 e. The molecule has 0 aliphatic rings. The Labute approximate surface area is 136 Å².